The molecular formula is C27H37ClN4O4. The molecule has 9 heteroatoms. The van der Waals surface area contributed by atoms with Crippen molar-refractivity contribution in [3.05, 3.63) is 59.1 Å². The van der Waals surface area contributed by atoms with Crippen LogP contribution < -0.4 is 15.5 Å². The number of anilines is 2. The van der Waals surface area contributed by atoms with E-state index in [4.69, 9.17) is 21.1 Å². The highest BCUT2D eigenvalue weighted by atomic mass is 35.5. The van der Waals surface area contributed by atoms with Crippen LogP contribution in [0.15, 0.2) is 48.5 Å². The van der Waals surface area contributed by atoms with E-state index in [1.165, 1.54) is 0 Å². The highest BCUT2D eigenvalue weighted by Crippen LogP contribution is 2.29. The Labute approximate surface area is 218 Å². The lowest BCUT2D eigenvalue weighted by Gasteiger charge is -2.25. The van der Waals surface area contributed by atoms with Crippen LogP contribution in [0.2, 0.25) is 5.02 Å². The Morgan fingerprint density at radius 2 is 1.81 bits per heavy atom. The summed E-state index contributed by atoms with van der Waals surface area (Å²) in [6, 6.07) is 14.1. The molecule has 0 radical (unpaired) electrons. The van der Waals surface area contributed by atoms with Gasteiger partial charge in [-0.15, -0.1) is 0 Å². The highest BCUT2D eigenvalue weighted by Gasteiger charge is 2.25. The van der Waals surface area contributed by atoms with Crippen molar-refractivity contribution in [2.24, 2.45) is 0 Å². The van der Waals surface area contributed by atoms with Crippen LogP contribution in [-0.2, 0) is 20.9 Å². The van der Waals surface area contributed by atoms with Crippen molar-refractivity contribution in [3.8, 4) is 0 Å². The molecule has 1 fully saturated rings. The number of hydrogen-bond donors (Lipinski definition) is 2. The van der Waals surface area contributed by atoms with Crippen LogP contribution >= 0.6 is 11.6 Å². The molecule has 1 atom stereocenters. The van der Waals surface area contributed by atoms with Gasteiger partial charge in [0.2, 0.25) is 5.91 Å². The van der Waals surface area contributed by atoms with E-state index in [1.54, 1.807) is 26.8 Å². The fourth-order valence-electron chi connectivity index (χ4n) is 3.86. The monoisotopic (exact) mass is 516 g/mol. The maximum absolute atomic E-state index is 13.1. The number of ether oxygens (including phenoxy) is 2. The van der Waals surface area contributed by atoms with Crippen LogP contribution in [-0.4, -0.2) is 68.4 Å². The zero-order valence-corrected chi connectivity index (χ0v) is 22.3. The third-order valence-corrected chi connectivity index (χ3v) is 5.98. The van der Waals surface area contributed by atoms with E-state index in [0.717, 1.165) is 43.9 Å². The Morgan fingerprint density at radius 1 is 1.06 bits per heavy atom. The zero-order chi connectivity index (χ0) is 26.1. The molecule has 1 heterocycles. The zero-order valence-electron chi connectivity index (χ0n) is 21.6. The van der Waals surface area contributed by atoms with E-state index in [9.17, 15) is 9.59 Å². The first kappa shape index (κ1) is 27.8. The lowest BCUT2D eigenvalue weighted by Crippen LogP contribution is -2.48. The van der Waals surface area contributed by atoms with E-state index in [1.807, 2.05) is 42.5 Å². The third kappa shape index (κ3) is 9.00. The molecule has 196 valence electrons. The second-order valence-electron chi connectivity index (χ2n) is 10.00. The van der Waals surface area contributed by atoms with Crippen LogP contribution in [0.25, 0.3) is 0 Å². The minimum absolute atomic E-state index is 0.0208. The number of carbonyl (C=O) groups excluding carboxylic acids is 2. The van der Waals surface area contributed by atoms with Crippen molar-refractivity contribution < 1.29 is 19.1 Å². The lowest BCUT2D eigenvalue weighted by molar-refractivity contribution is -0.119. The average molecular weight is 517 g/mol. The molecule has 2 amide bonds. The average Bonchev–Trinajstić information content (AvgIpc) is 3.02. The molecule has 8 nitrogen and oxygen atoms in total. The van der Waals surface area contributed by atoms with Crippen LogP contribution in [0.3, 0.4) is 0 Å². The molecule has 0 bridgehead atoms. The van der Waals surface area contributed by atoms with E-state index in [-0.39, 0.29) is 6.61 Å². The van der Waals surface area contributed by atoms with Gasteiger partial charge in [0, 0.05) is 25.3 Å². The van der Waals surface area contributed by atoms with Crippen molar-refractivity contribution in [1.82, 2.24) is 10.2 Å². The minimum atomic E-state index is -0.955. The summed E-state index contributed by atoms with van der Waals surface area (Å²) in [7, 11) is 2.12. The summed E-state index contributed by atoms with van der Waals surface area (Å²) in [5, 5.41) is 6.04. The summed E-state index contributed by atoms with van der Waals surface area (Å²) in [6.07, 6.45) is 0.372. The first-order chi connectivity index (χ1) is 17.1. The van der Waals surface area contributed by atoms with Gasteiger partial charge in [-0.05, 0) is 64.5 Å². The molecule has 1 aliphatic rings. The van der Waals surface area contributed by atoms with Crippen LogP contribution in [0.1, 0.15) is 32.8 Å². The SMILES string of the molecule is CN1CCCN(c2ccc(NC(=O)[C@@H](COCc3ccccc3)NC(=O)OC(C)(C)C)cc2Cl)CC1. The maximum Gasteiger partial charge on any atom is 0.408 e. The Kier molecular flexibility index (Phi) is 9.98. The van der Waals surface area contributed by atoms with Gasteiger partial charge in [-0.3, -0.25) is 4.79 Å². The van der Waals surface area contributed by atoms with Gasteiger partial charge in [0.25, 0.3) is 0 Å². The number of alkyl carbamates (subject to hydrolysis) is 1. The summed E-state index contributed by atoms with van der Waals surface area (Å²) in [5.74, 6) is -0.422. The molecule has 0 saturated carbocycles. The topological polar surface area (TPSA) is 83.1 Å². The number of carbonyl (C=O) groups is 2. The number of nitrogens with one attached hydrogen (secondary N) is 2. The largest absolute Gasteiger partial charge is 0.444 e. The molecule has 36 heavy (non-hydrogen) atoms. The molecule has 0 aromatic heterocycles. The fraction of sp³-hybridized carbons (Fsp3) is 0.481. The van der Waals surface area contributed by atoms with Gasteiger partial charge in [0.05, 0.1) is 23.9 Å². The van der Waals surface area contributed by atoms with Crippen molar-refractivity contribution in [1.29, 1.82) is 0 Å². The van der Waals surface area contributed by atoms with Crippen molar-refractivity contribution in [2.45, 2.75) is 45.4 Å². The van der Waals surface area contributed by atoms with Gasteiger partial charge in [-0.1, -0.05) is 41.9 Å². The fourth-order valence-corrected chi connectivity index (χ4v) is 4.16. The number of hydrogen-bond acceptors (Lipinski definition) is 6. The first-order valence-electron chi connectivity index (χ1n) is 12.3. The second-order valence-corrected chi connectivity index (χ2v) is 10.4. The highest BCUT2D eigenvalue weighted by molar-refractivity contribution is 6.33. The van der Waals surface area contributed by atoms with Crippen molar-refractivity contribution in [2.75, 3.05) is 50.1 Å². The number of amides is 2. The third-order valence-electron chi connectivity index (χ3n) is 5.68. The number of benzene rings is 2. The van der Waals surface area contributed by atoms with Crippen LogP contribution in [0, 0.1) is 0 Å². The molecular weight excluding hydrogens is 480 g/mol. The summed E-state index contributed by atoms with van der Waals surface area (Å²) in [4.78, 5) is 30.1. The second kappa shape index (κ2) is 12.9. The van der Waals surface area contributed by atoms with Gasteiger partial charge in [0.1, 0.15) is 11.6 Å². The quantitative estimate of drug-likeness (QED) is 0.536. The minimum Gasteiger partial charge on any atom is -0.444 e. The van der Waals surface area contributed by atoms with E-state index < -0.39 is 23.6 Å². The predicted molar refractivity (Wildman–Crippen MR) is 144 cm³/mol. The van der Waals surface area contributed by atoms with Crippen molar-refractivity contribution >= 4 is 35.0 Å². The Morgan fingerprint density at radius 3 is 2.50 bits per heavy atom. The molecule has 2 N–H and O–H groups in total. The summed E-state index contributed by atoms with van der Waals surface area (Å²) >= 11 is 6.60. The van der Waals surface area contributed by atoms with E-state index in [0.29, 0.717) is 17.3 Å². The smallest absolute Gasteiger partial charge is 0.408 e. The molecule has 2 aromatic rings. The van der Waals surface area contributed by atoms with Crippen LogP contribution in [0.5, 0.6) is 0 Å². The lowest BCUT2D eigenvalue weighted by atomic mass is 10.2. The maximum atomic E-state index is 13.1. The van der Waals surface area contributed by atoms with Gasteiger partial charge in [-0.25, -0.2) is 4.79 Å². The van der Waals surface area contributed by atoms with Gasteiger partial charge in [-0.2, -0.15) is 0 Å². The Hall–Kier alpha value is -2.81. The first-order valence-corrected chi connectivity index (χ1v) is 12.6. The normalized spacial score (nSPS) is 15.6. The standard InChI is InChI=1S/C27H37ClN4O4/c1-27(2,3)36-26(34)30-23(19-35-18-20-9-6-5-7-10-20)25(33)29-21-11-12-24(22(28)17-21)32-14-8-13-31(4)15-16-32/h5-7,9-12,17,23H,8,13-16,18-19H2,1-4H3,(H,29,33)(H,30,34)/t23-/m1/s1. The Bertz CT molecular complexity index is 1010. The van der Waals surface area contributed by atoms with Crippen LogP contribution in [0.4, 0.5) is 16.2 Å². The molecule has 0 unspecified atom stereocenters. The predicted octanol–water partition coefficient (Wildman–Crippen LogP) is 4.53. The van der Waals surface area contributed by atoms with Gasteiger partial charge >= 0.3 is 6.09 Å². The van der Waals surface area contributed by atoms with Crippen molar-refractivity contribution in [3.63, 3.8) is 0 Å². The van der Waals surface area contributed by atoms with Gasteiger partial charge < -0.3 is 29.9 Å². The number of nitrogens with zero attached hydrogens (tertiary/aromatic N) is 2. The molecule has 1 aliphatic heterocycles. The van der Waals surface area contributed by atoms with Gasteiger partial charge in [0.15, 0.2) is 0 Å². The Balaban J connectivity index is 1.65. The molecule has 1 saturated heterocycles. The molecule has 0 aliphatic carbocycles. The molecule has 3 rings (SSSR count). The summed E-state index contributed by atoms with van der Waals surface area (Å²) in [5.41, 5.74) is 1.76. The summed E-state index contributed by atoms with van der Waals surface area (Å²) in [6.45, 7) is 9.42. The number of halogens is 1. The molecule has 0 spiro atoms. The summed E-state index contributed by atoms with van der Waals surface area (Å²) < 4.78 is 11.1. The van der Waals surface area contributed by atoms with E-state index in [2.05, 4.69) is 27.5 Å². The number of rotatable bonds is 8. The molecule has 2 aromatic carbocycles. The number of likely N-dealkylation sites (N-methyl/N-ethyl adjacent to an activating group) is 1. The van der Waals surface area contributed by atoms with E-state index >= 15 is 0 Å².